The van der Waals surface area contributed by atoms with Gasteiger partial charge in [0.1, 0.15) is 11.3 Å². The second kappa shape index (κ2) is 6.96. The van der Waals surface area contributed by atoms with Crippen molar-refractivity contribution in [2.24, 2.45) is 5.10 Å². The first-order valence-electron chi connectivity index (χ1n) is 7.72. The van der Waals surface area contributed by atoms with Crippen molar-refractivity contribution in [3.8, 4) is 5.75 Å². The van der Waals surface area contributed by atoms with Gasteiger partial charge in [0, 0.05) is 18.1 Å². The van der Waals surface area contributed by atoms with Crippen molar-refractivity contribution in [1.82, 2.24) is 15.0 Å². The van der Waals surface area contributed by atoms with Gasteiger partial charge >= 0.3 is 0 Å². The number of carbonyl (C=O) groups is 1. The molecule has 0 aliphatic carbocycles. The third-order valence-electron chi connectivity index (χ3n) is 3.74. The van der Waals surface area contributed by atoms with Crippen LogP contribution in [0.25, 0.3) is 10.9 Å². The molecule has 3 aromatic rings. The molecule has 0 bridgehead atoms. The van der Waals surface area contributed by atoms with E-state index in [0.717, 1.165) is 0 Å². The third kappa shape index (κ3) is 3.12. The van der Waals surface area contributed by atoms with E-state index in [4.69, 9.17) is 0 Å². The Hall–Kier alpha value is -3.48. The Kier molecular flexibility index (Phi) is 4.56. The second-order valence-corrected chi connectivity index (χ2v) is 5.24. The Morgan fingerprint density at radius 3 is 2.76 bits per heavy atom. The number of fused-ring (bicyclic) bond motifs is 1. The molecule has 2 heterocycles. The lowest BCUT2D eigenvalue weighted by Crippen LogP contribution is -2.31. The molecule has 2 aromatic heterocycles. The van der Waals surface area contributed by atoms with Crippen LogP contribution in [0.4, 0.5) is 0 Å². The van der Waals surface area contributed by atoms with Gasteiger partial charge < -0.3 is 9.67 Å². The predicted molar refractivity (Wildman–Crippen MR) is 94.8 cm³/mol. The first kappa shape index (κ1) is 16.4. The van der Waals surface area contributed by atoms with Gasteiger partial charge in [-0.25, -0.2) is 5.43 Å². The van der Waals surface area contributed by atoms with Crippen LogP contribution in [0.5, 0.6) is 5.75 Å². The number of pyridine rings is 2. The van der Waals surface area contributed by atoms with Gasteiger partial charge in [0.05, 0.1) is 17.4 Å². The molecule has 0 fully saturated rings. The van der Waals surface area contributed by atoms with Crippen molar-refractivity contribution in [2.75, 3.05) is 0 Å². The van der Waals surface area contributed by atoms with E-state index in [1.807, 2.05) is 0 Å². The molecule has 0 aliphatic heterocycles. The lowest BCUT2D eigenvalue weighted by atomic mass is 10.1. The topological polar surface area (TPSA) is 96.6 Å². The lowest BCUT2D eigenvalue weighted by molar-refractivity contribution is 0.0950. The van der Waals surface area contributed by atoms with Crippen LogP contribution in [0.1, 0.15) is 23.0 Å². The summed E-state index contributed by atoms with van der Waals surface area (Å²) in [4.78, 5) is 29.0. The summed E-state index contributed by atoms with van der Waals surface area (Å²) in [6.45, 7) is 2.17. The van der Waals surface area contributed by atoms with Crippen LogP contribution >= 0.6 is 0 Å². The van der Waals surface area contributed by atoms with Gasteiger partial charge in [-0.1, -0.05) is 18.2 Å². The number of benzene rings is 1. The number of carbonyl (C=O) groups excluding carboxylic acids is 1. The molecule has 126 valence electrons. The van der Waals surface area contributed by atoms with Crippen LogP contribution in [0, 0.1) is 0 Å². The normalized spacial score (nSPS) is 11.1. The maximum atomic E-state index is 12.6. The summed E-state index contributed by atoms with van der Waals surface area (Å²) in [5.74, 6) is -1.13. The van der Waals surface area contributed by atoms with Gasteiger partial charge in [0.25, 0.3) is 11.5 Å². The molecule has 2 N–H and O–H groups in total. The van der Waals surface area contributed by atoms with Crippen LogP contribution < -0.4 is 11.0 Å². The summed E-state index contributed by atoms with van der Waals surface area (Å²) in [7, 11) is 0. The average Bonchev–Trinajstić information content (AvgIpc) is 2.63. The highest BCUT2D eigenvalue weighted by molar-refractivity contribution is 6.02. The first-order valence-corrected chi connectivity index (χ1v) is 7.72. The molecule has 1 amide bonds. The van der Waals surface area contributed by atoms with Crippen molar-refractivity contribution in [1.29, 1.82) is 0 Å². The minimum atomic E-state index is -0.775. The predicted octanol–water partition coefficient (Wildman–Crippen LogP) is 1.89. The molecule has 25 heavy (non-hydrogen) atoms. The van der Waals surface area contributed by atoms with E-state index in [1.54, 1.807) is 55.6 Å². The van der Waals surface area contributed by atoms with E-state index >= 15 is 0 Å². The third-order valence-corrected chi connectivity index (χ3v) is 3.74. The van der Waals surface area contributed by atoms with E-state index < -0.39 is 11.5 Å². The Morgan fingerprint density at radius 1 is 1.28 bits per heavy atom. The summed E-state index contributed by atoms with van der Waals surface area (Å²) in [5.41, 5.74) is 2.48. The molecule has 3 rings (SSSR count). The Balaban J connectivity index is 1.99. The van der Waals surface area contributed by atoms with Crippen molar-refractivity contribution in [3.63, 3.8) is 0 Å². The quantitative estimate of drug-likeness (QED) is 0.561. The highest BCUT2D eigenvalue weighted by atomic mass is 16.3. The molecule has 0 aliphatic rings. The minimum Gasteiger partial charge on any atom is -0.506 e. The number of rotatable bonds is 4. The van der Waals surface area contributed by atoms with Crippen LogP contribution in [-0.4, -0.2) is 26.8 Å². The summed E-state index contributed by atoms with van der Waals surface area (Å²) in [6.07, 6.45) is 2.95. The standard InChI is InChI=1S/C18H16N4O3/c1-2-22-14-9-4-3-8-13(14)16(23)15(18(22)25)17(24)21-20-11-12-7-5-6-10-19-12/h3-11,23H,2H2,1H3,(H,21,24)/b20-11-. The van der Waals surface area contributed by atoms with E-state index in [9.17, 15) is 14.7 Å². The molecule has 7 heteroatoms. The number of aryl methyl sites for hydroxylation is 1. The van der Waals surface area contributed by atoms with E-state index in [-0.39, 0.29) is 11.3 Å². The van der Waals surface area contributed by atoms with Crippen molar-refractivity contribution in [3.05, 3.63) is 70.3 Å². The summed E-state index contributed by atoms with van der Waals surface area (Å²) in [5, 5.41) is 14.6. The minimum absolute atomic E-state index is 0.335. The van der Waals surface area contributed by atoms with Crippen LogP contribution in [0.2, 0.25) is 0 Å². The first-order chi connectivity index (χ1) is 12.1. The van der Waals surface area contributed by atoms with Crippen molar-refractivity contribution in [2.45, 2.75) is 13.5 Å². The zero-order chi connectivity index (χ0) is 17.8. The van der Waals surface area contributed by atoms with Gasteiger partial charge in [-0.15, -0.1) is 0 Å². The zero-order valence-electron chi connectivity index (χ0n) is 13.5. The molecule has 1 aromatic carbocycles. The SMILES string of the molecule is CCn1c(=O)c(C(=O)N/N=C\c2ccccn2)c(O)c2ccccc21. The molecule has 0 saturated carbocycles. The van der Waals surface area contributed by atoms with E-state index in [1.165, 1.54) is 10.8 Å². The summed E-state index contributed by atoms with van der Waals surface area (Å²) in [6, 6.07) is 12.1. The van der Waals surface area contributed by atoms with Gasteiger partial charge in [-0.2, -0.15) is 5.10 Å². The van der Waals surface area contributed by atoms with E-state index in [0.29, 0.717) is 23.1 Å². The van der Waals surface area contributed by atoms with Gasteiger partial charge in [0.2, 0.25) is 0 Å². The van der Waals surface area contributed by atoms with Crippen LogP contribution in [-0.2, 0) is 6.54 Å². The Bertz CT molecular complexity index is 1010. The summed E-state index contributed by atoms with van der Waals surface area (Å²) >= 11 is 0. The molecule has 0 radical (unpaired) electrons. The molecular weight excluding hydrogens is 320 g/mol. The fourth-order valence-electron chi connectivity index (χ4n) is 2.57. The molecular formula is C18H16N4O3. The Labute approximate surface area is 143 Å². The maximum Gasteiger partial charge on any atom is 0.280 e. The highest BCUT2D eigenvalue weighted by Gasteiger charge is 2.21. The fraction of sp³-hybridized carbons (Fsp3) is 0.111. The molecule has 0 unspecified atom stereocenters. The largest absolute Gasteiger partial charge is 0.506 e. The Morgan fingerprint density at radius 2 is 2.04 bits per heavy atom. The van der Waals surface area contributed by atoms with Gasteiger partial charge in [0.15, 0.2) is 0 Å². The van der Waals surface area contributed by atoms with E-state index in [2.05, 4.69) is 15.5 Å². The highest BCUT2D eigenvalue weighted by Crippen LogP contribution is 2.26. The number of hydrazone groups is 1. The second-order valence-electron chi connectivity index (χ2n) is 5.24. The number of aromatic nitrogens is 2. The molecule has 0 atom stereocenters. The smallest absolute Gasteiger partial charge is 0.280 e. The van der Waals surface area contributed by atoms with Gasteiger partial charge in [-0.05, 0) is 31.2 Å². The maximum absolute atomic E-state index is 12.6. The average molecular weight is 336 g/mol. The number of nitrogens with one attached hydrogen (secondary N) is 1. The summed E-state index contributed by atoms with van der Waals surface area (Å²) < 4.78 is 1.44. The molecule has 0 spiro atoms. The fourth-order valence-corrected chi connectivity index (χ4v) is 2.57. The number of nitrogens with zero attached hydrogens (tertiary/aromatic N) is 3. The number of aromatic hydroxyl groups is 1. The monoisotopic (exact) mass is 336 g/mol. The van der Waals surface area contributed by atoms with Crippen LogP contribution in [0.15, 0.2) is 58.6 Å². The van der Waals surface area contributed by atoms with Gasteiger partial charge in [-0.3, -0.25) is 14.6 Å². The number of hydrogen-bond donors (Lipinski definition) is 2. The number of amides is 1. The van der Waals surface area contributed by atoms with Crippen LogP contribution in [0.3, 0.4) is 0 Å². The lowest BCUT2D eigenvalue weighted by Gasteiger charge is -2.12. The molecule has 7 nitrogen and oxygen atoms in total. The number of para-hydroxylation sites is 1. The van der Waals surface area contributed by atoms with Crippen molar-refractivity contribution < 1.29 is 9.90 Å². The molecule has 0 saturated heterocycles. The number of hydrogen-bond acceptors (Lipinski definition) is 5. The van der Waals surface area contributed by atoms with Crippen molar-refractivity contribution >= 4 is 23.0 Å². The zero-order valence-corrected chi connectivity index (χ0v) is 13.5.